The third kappa shape index (κ3) is 2.73. The van der Waals surface area contributed by atoms with Crippen LogP contribution in [0, 0.1) is 0 Å². The summed E-state index contributed by atoms with van der Waals surface area (Å²) >= 11 is 0. The Morgan fingerprint density at radius 1 is 1.56 bits per heavy atom. The molecule has 18 heavy (non-hydrogen) atoms. The molecule has 0 bridgehead atoms. The van der Waals surface area contributed by atoms with E-state index in [1.807, 2.05) is 6.92 Å². The van der Waals surface area contributed by atoms with Gasteiger partial charge in [-0.3, -0.25) is 9.59 Å². The molecule has 2 heterocycles. The molecule has 1 aromatic rings. The first-order valence-corrected chi connectivity index (χ1v) is 5.71. The van der Waals surface area contributed by atoms with E-state index in [0.29, 0.717) is 25.6 Å². The number of aromatic nitrogens is 2. The standard InChI is InChI=1S/C11H14N4O3/c1-2-18-10-5-8(13-7-14-10)11(17)15-4-3-12-9(16)6-15/h5,7H,2-4,6H2,1H3,(H,12,16). The van der Waals surface area contributed by atoms with Gasteiger partial charge in [0, 0.05) is 19.2 Å². The first-order valence-electron chi connectivity index (χ1n) is 5.71. The van der Waals surface area contributed by atoms with E-state index in [1.165, 1.54) is 17.3 Å². The van der Waals surface area contributed by atoms with Crippen LogP contribution in [0.4, 0.5) is 0 Å². The molecule has 1 fully saturated rings. The number of nitrogens with zero attached hydrogens (tertiary/aromatic N) is 3. The van der Waals surface area contributed by atoms with Crippen molar-refractivity contribution in [1.29, 1.82) is 0 Å². The van der Waals surface area contributed by atoms with E-state index in [9.17, 15) is 9.59 Å². The van der Waals surface area contributed by atoms with Crippen LogP contribution in [-0.4, -0.2) is 52.9 Å². The van der Waals surface area contributed by atoms with E-state index >= 15 is 0 Å². The average molecular weight is 250 g/mol. The normalized spacial score (nSPS) is 15.2. The first-order chi connectivity index (χ1) is 8.70. The molecule has 7 nitrogen and oxygen atoms in total. The molecule has 0 saturated carbocycles. The minimum absolute atomic E-state index is 0.0623. The number of piperazine rings is 1. The summed E-state index contributed by atoms with van der Waals surface area (Å²) in [5, 5.41) is 2.66. The molecule has 0 aromatic carbocycles. The van der Waals surface area contributed by atoms with Crippen LogP contribution in [0.1, 0.15) is 17.4 Å². The van der Waals surface area contributed by atoms with E-state index in [4.69, 9.17) is 4.74 Å². The highest BCUT2D eigenvalue weighted by Crippen LogP contribution is 2.09. The maximum Gasteiger partial charge on any atom is 0.273 e. The minimum atomic E-state index is -0.284. The summed E-state index contributed by atoms with van der Waals surface area (Å²) in [5.41, 5.74) is 0.239. The zero-order chi connectivity index (χ0) is 13.0. The van der Waals surface area contributed by atoms with Crippen molar-refractivity contribution in [2.75, 3.05) is 26.2 Å². The molecule has 0 aliphatic carbocycles. The highest BCUT2D eigenvalue weighted by atomic mass is 16.5. The Kier molecular flexibility index (Phi) is 3.71. The van der Waals surface area contributed by atoms with Gasteiger partial charge in [0.1, 0.15) is 12.0 Å². The van der Waals surface area contributed by atoms with Gasteiger partial charge in [0.2, 0.25) is 11.8 Å². The van der Waals surface area contributed by atoms with Crippen LogP contribution >= 0.6 is 0 Å². The molecule has 1 aliphatic heterocycles. The highest BCUT2D eigenvalue weighted by molar-refractivity contribution is 5.95. The van der Waals surface area contributed by atoms with Crippen LogP contribution in [0.25, 0.3) is 0 Å². The van der Waals surface area contributed by atoms with Gasteiger partial charge in [-0.1, -0.05) is 0 Å². The molecule has 1 aromatic heterocycles. The molecule has 0 atom stereocenters. The van der Waals surface area contributed by atoms with Crippen LogP contribution in [0.3, 0.4) is 0 Å². The van der Waals surface area contributed by atoms with Crippen molar-refractivity contribution in [2.24, 2.45) is 0 Å². The van der Waals surface area contributed by atoms with Gasteiger partial charge in [-0.25, -0.2) is 9.97 Å². The molecule has 96 valence electrons. The summed E-state index contributed by atoms with van der Waals surface area (Å²) in [5.74, 6) is -0.0841. The van der Waals surface area contributed by atoms with Gasteiger partial charge < -0.3 is 15.0 Å². The number of hydrogen-bond acceptors (Lipinski definition) is 5. The maximum atomic E-state index is 12.1. The summed E-state index contributed by atoms with van der Waals surface area (Å²) in [4.78, 5) is 32.6. The van der Waals surface area contributed by atoms with Gasteiger partial charge in [0.25, 0.3) is 5.91 Å². The second-order valence-electron chi connectivity index (χ2n) is 3.75. The lowest BCUT2D eigenvalue weighted by molar-refractivity contribution is -0.123. The number of hydrogen-bond donors (Lipinski definition) is 1. The number of carbonyl (C=O) groups excluding carboxylic acids is 2. The lowest BCUT2D eigenvalue weighted by Gasteiger charge is -2.26. The molecule has 2 amide bonds. The Hall–Kier alpha value is -2.18. The maximum absolute atomic E-state index is 12.1. The topological polar surface area (TPSA) is 84.4 Å². The van der Waals surface area contributed by atoms with Crippen LogP contribution in [0.15, 0.2) is 12.4 Å². The Morgan fingerprint density at radius 2 is 2.39 bits per heavy atom. The molecule has 1 saturated heterocycles. The summed E-state index contributed by atoms with van der Waals surface area (Å²) in [6.07, 6.45) is 1.28. The predicted octanol–water partition coefficient (Wildman–Crippen LogP) is -0.553. The highest BCUT2D eigenvalue weighted by Gasteiger charge is 2.23. The molecule has 2 rings (SSSR count). The van der Waals surface area contributed by atoms with Crippen LogP contribution in [0.5, 0.6) is 5.88 Å². The summed E-state index contributed by atoms with van der Waals surface area (Å²) < 4.78 is 5.20. The predicted molar refractivity (Wildman–Crippen MR) is 62.1 cm³/mol. The number of carbonyl (C=O) groups is 2. The zero-order valence-corrected chi connectivity index (χ0v) is 10.0. The van der Waals surface area contributed by atoms with Crippen molar-refractivity contribution in [3.05, 3.63) is 18.1 Å². The summed E-state index contributed by atoms with van der Waals surface area (Å²) in [7, 11) is 0. The fourth-order valence-electron chi connectivity index (χ4n) is 1.66. The fraction of sp³-hybridized carbons (Fsp3) is 0.455. The van der Waals surface area contributed by atoms with Crippen molar-refractivity contribution in [1.82, 2.24) is 20.2 Å². The average Bonchev–Trinajstić information content (AvgIpc) is 2.39. The summed E-state index contributed by atoms with van der Waals surface area (Å²) in [6, 6.07) is 1.48. The van der Waals surface area contributed by atoms with Gasteiger partial charge in [0.05, 0.1) is 13.2 Å². The van der Waals surface area contributed by atoms with Gasteiger partial charge >= 0.3 is 0 Å². The van der Waals surface area contributed by atoms with Crippen molar-refractivity contribution < 1.29 is 14.3 Å². The number of ether oxygens (including phenoxy) is 1. The molecule has 1 aliphatic rings. The van der Waals surface area contributed by atoms with Crippen molar-refractivity contribution >= 4 is 11.8 Å². The molecule has 0 spiro atoms. The third-order valence-electron chi connectivity index (χ3n) is 2.48. The monoisotopic (exact) mass is 250 g/mol. The van der Waals surface area contributed by atoms with E-state index in [0.717, 1.165) is 0 Å². The smallest absolute Gasteiger partial charge is 0.273 e. The molecular weight excluding hydrogens is 236 g/mol. The zero-order valence-electron chi connectivity index (χ0n) is 10.0. The van der Waals surface area contributed by atoms with Crippen LogP contribution in [0.2, 0.25) is 0 Å². The van der Waals surface area contributed by atoms with Gasteiger partial charge in [0.15, 0.2) is 0 Å². The van der Waals surface area contributed by atoms with Gasteiger partial charge in [-0.2, -0.15) is 0 Å². The van der Waals surface area contributed by atoms with Crippen molar-refractivity contribution in [2.45, 2.75) is 6.92 Å². The minimum Gasteiger partial charge on any atom is -0.478 e. The Balaban J connectivity index is 2.12. The Morgan fingerprint density at radius 3 is 3.11 bits per heavy atom. The Labute approximate surface area is 104 Å². The third-order valence-corrected chi connectivity index (χ3v) is 2.48. The number of rotatable bonds is 3. The lowest BCUT2D eigenvalue weighted by atomic mass is 10.3. The Bertz CT molecular complexity index is 463. The van der Waals surface area contributed by atoms with Crippen LogP contribution in [-0.2, 0) is 4.79 Å². The largest absolute Gasteiger partial charge is 0.478 e. The van der Waals surface area contributed by atoms with E-state index < -0.39 is 0 Å². The molecule has 0 radical (unpaired) electrons. The van der Waals surface area contributed by atoms with E-state index in [1.54, 1.807) is 0 Å². The second-order valence-corrected chi connectivity index (χ2v) is 3.75. The quantitative estimate of drug-likeness (QED) is 0.778. The van der Waals surface area contributed by atoms with E-state index in [2.05, 4.69) is 15.3 Å². The van der Waals surface area contributed by atoms with Crippen molar-refractivity contribution in [3.63, 3.8) is 0 Å². The summed E-state index contributed by atoms with van der Waals surface area (Å²) in [6.45, 7) is 3.31. The SMILES string of the molecule is CCOc1cc(C(=O)N2CCNC(=O)C2)ncn1. The molecule has 7 heteroatoms. The van der Waals surface area contributed by atoms with Crippen molar-refractivity contribution in [3.8, 4) is 5.88 Å². The van der Waals surface area contributed by atoms with Gasteiger partial charge in [-0.05, 0) is 6.92 Å². The molecular formula is C11H14N4O3. The van der Waals surface area contributed by atoms with Gasteiger partial charge in [-0.15, -0.1) is 0 Å². The second kappa shape index (κ2) is 5.44. The lowest BCUT2D eigenvalue weighted by Crippen LogP contribution is -2.50. The number of amides is 2. The first kappa shape index (κ1) is 12.3. The van der Waals surface area contributed by atoms with Crippen LogP contribution < -0.4 is 10.1 Å². The molecule has 0 unspecified atom stereocenters. The number of nitrogens with one attached hydrogen (secondary N) is 1. The van der Waals surface area contributed by atoms with E-state index in [-0.39, 0.29) is 24.1 Å². The fourth-order valence-corrected chi connectivity index (χ4v) is 1.66. The molecule has 1 N–H and O–H groups in total.